The number of benzene rings is 1. The Kier molecular flexibility index (Phi) is 1.51. The highest BCUT2D eigenvalue weighted by Crippen LogP contribution is 2.60. The predicted molar refractivity (Wildman–Crippen MR) is 55.7 cm³/mol. The molecule has 1 spiro atoms. The Balaban J connectivity index is 2.02. The van der Waals surface area contributed by atoms with Gasteiger partial charge < -0.3 is 0 Å². The molecule has 0 unspecified atom stereocenters. The second kappa shape index (κ2) is 2.57. The van der Waals surface area contributed by atoms with Crippen molar-refractivity contribution in [3.05, 3.63) is 35.4 Å². The Bertz CT molecular complexity index is 475. The summed E-state index contributed by atoms with van der Waals surface area (Å²) in [6, 6.07) is 7.72. The third-order valence-corrected chi connectivity index (χ3v) is 3.79. The summed E-state index contributed by atoms with van der Waals surface area (Å²) in [6.45, 7) is 1.59. The van der Waals surface area contributed by atoms with Gasteiger partial charge in [-0.2, -0.15) is 0 Å². The molecule has 3 rings (SSSR count). The van der Waals surface area contributed by atoms with Gasteiger partial charge in [-0.15, -0.1) is 0 Å². The molecule has 1 aromatic carbocycles. The van der Waals surface area contributed by atoms with E-state index in [1.54, 1.807) is 6.92 Å². The summed E-state index contributed by atoms with van der Waals surface area (Å²) < 4.78 is 0. The molecule has 0 amide bonds. The zero-order valence-electron chi connectivity index (χ0n) is 8.62. The maximum atomic E-state index is 12.1. The van der Waals surface area contributed by atoms with Crippen LogP contribution in [0.25, 0.3) is 0 Å². The average molecular weight is 200 g/mol. The van der Waals surface area contributed by atoms with Crippen LogP contribution >= 0.6 is 0 Å². The quantitative estimate of drug-likeness (QED) is 0.695. The summed E-state index contributed by atoms with van der Waals surface area (Å²) in [6.07, 6.45) is 1.53. The van der Waals surface area contributed by atoms with E-state index in [9.17, 15) is 9.59 Å². The van der Waals surface area contributed by atoms with Crippen molar-refractivity contribution in [3.8, 4) is 0 Å². The lowest BCUT2D eigenvalue weighted by molar-refractivity contribution is -0.118. The molecular formula is C13H12O2. The first-order valence-corrected chi connectivity index (χ1v) is 5.28. The maximum absolute atomic E-state index is 12.1. The number of fused-ring (bicyclic) bond motifs is 1. The van der Waals surface area contributed by atoms with Crippen LogP contribution in [0.3, 0.4) is 0 Å². The minimum Gasteiger partial charge on any atom is -0.300 e. The zero-order valence-corrected chi connectivity index (χ0v) is 8.62. The van der Waals surface area contributed by atoms with Gasteiger partial charge in [0.1, 0.15) is 5.78 Å². The van der Waals surface area contributed by atoms with E-state index in [-0.39, 0.29) is 22.9 Å². The van der Waals surface area contributed by atoms with Crippen molar-refractivity contribution in [2.45, 2.75) is 19.8 Å². The molecule has 0 N–H and O–H groups in total. The number of ketones is 2. The van der Waals surface area contributed by atoms with E-state index < -0.39 is 0 Å². The van der Waals surface area contributed by atoms with Gasteiger partial charge in [0.15, 0.2) is 5.78 Å². The molecule has 0 aromatic heterocycles. The standard InChI is InChI=1S/C13H12O2/c1-8(14)11-7-13(11)6-9-4-2-3-5-10(9)12(13)15/h2-5,11H,6-7H2,1H3/t11-,13+/m1/s1. The van der Waals surface area contributed by atoms with E-state index in [0.717, 1.165) is 24.0 Å². The van der Waals surface area contributed by atoms with Crippen LogP contribution in [-0.2, 0) is 11.2 Å². The fourth-order valence-corrected chi connectivity index (χ4v) is 2.87. The second-order valence-corrected chi connectivity index (χ2v) is 4.69. The lowest BCUT2D eigenvalue weighted by Gasteiger charge is -2.03. The molecule has 76 valence electrons. The van der Waals surface area contributed by atoms with Crippen molar-refractivity contribution in [1.29, 1.82) is 0 Å². The molecule has 2 aliphatic rings. The second-order valence-electron chi connectivity index (χ2n) is 4.69. The van der Waals surface area contributed by atoms with Crippen molar-refractivity contribution in [2.75, 3.05) is 0 Å². The fourth-order valence-electron chi connectivity index (χ4n) is 2.87. The van der Waals surface area contributed by atoms with Gasteiger partial charge in [0.2, 0.25) is 0 Å². The first-order chi connectivity index (χ1) is 7.15. The zero-order chi connectivity index (χ0) is 10.6. The van der Waals surface area contributed by atoms with Crippen LogP contribution in [0.15, 0.2) is 24.3 Å². The first kappa shape index (κ1) is 8.84. The minimum atomic E-state index is -0.338. The van der Waals surface area contributed by atoms with Crippen LogP contribution in [0.4, 0.5) is 0 Å². The normalized spacial score (nSPS) is 31.8. The Morgan fingerprint density at radius 3 is 2.73 bits per heavy atom. The van der Waals surface area contributed by atoms with Crippen molar-refractivity contribution < 1.29 is 9.59 Å². The van der Waals surface area contributed by atoms with Crippen LogP contribution in [0, 0.1) is 11.3 Å². The van der Waals surface area contributed by atoms with Crippen LogP contribution < -0.4 is 0 Å². The summed E-state index contributed by atoms with van der Waals surface area (Å²) in [5.74, 6) is 0.340. The van der Waals surface area contributed by atoms with Crippen molar-refractivity contribution >= 4 is 11.6 Å². The number of hydrogen-bond donors (Lipinski definition) is 0. The summed E-state index contributed by atoms with van der Waals surface area (Å²) in [7, 11) is 0. The van der Waals surface area contributed by atoms with E-state index in [4.69, 9.17) is 0 Å². The Hall–Kier alpha value is -1.44. The lowest BCUT2D eigenvalue weighted by Crippen LogP contribution is -2.15. The number of carbonyl (C=O) groups excluding carboxylic acids is 2. The molecule has 0 heterocycles. The summed E-state index contributed by atoms with van der Waals surface area (Å²) in [5.41, 5.74) is 1.61. The van der Waals surface area contributed by atoms with E-state index in [2.05, 4.69) is 0 Å². The topological polar surface area (TPSA) is 34.1 Å². The minimum absolute atomic E-state index is 0.0163. The lowest BCUT2D eigenvalue weighted by atomic mass is 9.97. The molecular weight excluding hydrogens is 188 g/mol. The smallest absolute Gasteiger partial charge is 0.170 e. The molecule has 2 heteroatoms. The molecule has 0 aliphatic heterocycles. The Morgan fingerprint density at radius 1 is 1.40 bits per heavy atom. The number of hydrogen-bond acceptors (Lipinski definition) is 2. The van der Waals surface area contributed by atoms with Crippen LogP contribution in [-0.4, -0.2) is 11.6 Å². The van der Waals surface area contributed by atoms with Crippen molar-refractivity contribution in [2.24, 2.45) is 11.3 Å². The summed E-state index contributed by atoms with van der Waals surface area (Å²) in [5, 5.41) is 0. The SMILES string of the molecule is CC(=O)[C@H]1C[C@@]12Cc1ccccc1C2=O. The van der Waals surface area contributed by atoms with Gasteiger partial charge in [-0.25, -0.2) is 0 Å². The molecule has 2 aliphatic carbocycles. The van der Waals surface area contributed by atoms with Gasteiger partial charge in [-0.1, -0.05) is 24.3 Å². The molecule has 15 heavy (non-hydrogen) atoms. The van der Waals surface area contributed by atoms with E-state index >= 15 is 0 Å². The highest BCUT2D eigenvalue weighted by molar-refractivity contribution is 6.10. The third kappa shape index (κ3) is 0.993. The third-order valence-electron chi connectivity index (χ3n) is 3.79. The van der Waals surface area contributed by atoms with Crippen molar-refractivity contribution in [1.82, 2.24) is 0 Å². The first-order valence-electron chi connectivity index (χ1n) is 5.28. The van der Waals surface area contributed by atoms with Crippen LogP contribution in [0.1, 0.15) is 29.3 Å². The molecule has 1 saturated carbocycles. The van der Waals surface area contributed by atoms with Crippen molar-refractivity contribution in [3.63, 3.8) is 0 Å². The molecule has 0 bridgehead atoms. The predicted octanol–water partition coefficient (Wildman–Crippen LogP) is 2.02. The van der Waals surface area contributed by atoms with Gasteiger partial charge in [-0.05, 0) is 25.3 Å². The average Bonchev–Trinajstić information content (AvgIpc) is 2.86. The number of carbonyl (C=O) groups is 2. The monoisotopic (exact) mass is 200 g/mol. The highest BCUT2D eigenvalue weighted by atomic mass is 16.1. The van der Waals surface area contributed by atoms with Gasteiger partial charge in [0.25, 0.3) is 0 Å². The Morgan fingerprint density at radius 2 is 2.13 bits per heavy atom. The van der Waals surface area contributed by atoms with Gasteiger partial charge >= 0.3 is 0 Å². The largest absolute Gasteiger partial charge is 0.300 e. The molecule has 2 nitrogen and oxygen atoms in total. The van der Waals surface area contributed by atoms with E-state index in [1.165, 1.54) is 0 Å². The summed E-state index contributed by atoms with van der Waals surface area (Å²) in [4.78, 5) is 23.5. The Labute approximate surface area is 88.3 Å². The van der Waals surface area contributed by atoms with Gasteiger partial charge in [-0.3, -0.25) is 9.59 Å². The maximum Gasteiger partial charge on any atom is 0.170 e. The number of Topliss-reactive ketones (excluding diaryl/α,β-unsaturated/α-hetero) is 2. The van der Waals surface area contributed by atoms with Gasteiger partial charge in [0, 0.05) is 16.9 Å². The molecule has 0 radical (unpaired) electrons. The molecule has 1 aromatic rings. The van der Waals surface area contributed by atoms with E-state index in [1.807, 2.05) is 24.3 Å². The molecule has 0 saturated heterocycles. The molecule has 1 fully saturated rings. The fraction of sp³-hybridized carbons (Fsp3) is 0.385. The number of rotatable bonds is 1. The van der Waals surface area contributed by atoms with Crippen LogP contribution in [0.5, 0.6) is 0 Å². The highest BCUT2D eigenvalue weighted by Gasteiger charge is 2.64. The summed E-state index contributed by atoms with van der Waals surface area (Å²) >= 11 is 0. The molecule has 2 atom stereocenters. The van der Waals surface area contributed by atoms with Gasteiger partial charge in [0.05, 0.1) is 0 Å². The van der Waals surface area contributed by atoms with E-state index in [0.29, 0.717) is 0 Å². The van der Waals surface area contributed by atoms with Crippen LogP contribution in [0.2, 0.25) is 0 Å².